The van der Waals surface area contributed by atoms with Gasteiger partial charge in [-0.05, 0) is 192 Å². The molecule has 0 spiro atoms. The fraction of sp³-hybridized carbons (Fsp3) is 0.250. The summed E-state index contributed by atoms with van der Waals surface area (Å²) in [5.74, 6) is 0. The molecule has 6 heteroatoms. The quantitative estimate of drug-likeness (QED) is 0.197. The summed E-state index contributed by atoms with van der Waals surface area (Å²) in [5.41, 5.74) is 20.9. The average molecular weight is 1000 g/mol. The molecule has 0 radical (unpaired) electrons. The first-order valence-electron chi connectivity index (χ1n) is 13.9. The third-order valence-corrected chi connectivity index (χ3v) is 14.3. The van der Waals surface area contributed by atoms with Crippen molar-refractivity contribution in [2.24, 2.45) is 4.99 Å². The molecule has 0 bridgehead atoms. The molecule has 2 nitrogen and oxygen atoms in total. The van der Waals surface area contributed by atoms with Gasteiger partial charge in [0.15, 0.2) is 0 Å². The highest BCUT2D eigenvalue weighted by atomic mass is 127. The monoisotopic (exact) mass is 1000 g/mol. The van der Waals surface area contributed by atoms with Crippen LogP contribution >= 0.6 is 90.4 Å². The first-order valence-corrected chi connectivity index (χ1v) is 18.2. The smallest absolute Gasteiger partial charge is 0.0882 e. The Morgan fingerprint density at radius 3 is 1.45 bits per heavy atom. The van der Waals surface area contributed by atoms with Gasteiger partial charge < -0.3 is 4.98 Å². The van der Waals surface area contributed by atoms with E-state index < -0.39 is 0 Å². The molecule has 5 rings (SSSR count). The molecule has 0 atom stereocenters. The third-order valence-electron chi connectivity index (χ3n) is 7.97. The Balaban J connectivity index is 1.89. The minimum atomic E-state index is 1.05. The number of aromatic nitrogens is 1. The van der Waals surface area contributed by atoms with Crippen molar-refractivity contribution in [1.29, 1.82) is 0 Å². The van der Waals surface area contributed by atoms with Crippen molar-refractivity contribution in [3.05, 3.63) is 123 Å². The molecule has 1 aliphatic heterocycles. The Kier molecular flexibility index (Phi) is 9.58. The minimum absolute atomic E-state index is 1.05. The topological polar surface area (TPSA) is 28.1 Å². The van der Waals surface area contributed by atoms with E-state index in [0.717, 1.165) is 17.1 Å². The number of H-pyrrole nitrogens is 1. The molecule has 0 aliphatic carbocycles. The molecule has 1 N–H and O–H groups in total. The van der Waals surface area contributed by atoms with Crippen LogP contribution in [-0.4, -0.2) is 10.7 Å². The van der Waals surface area contributed by atoms with E-state index in [0.29, 0.717) is 0 Å². The van der Waals surface area contributed by atoms with E-state index in [1.54, 1.807) is 0 Å². The van der Waals surface area contributed by atoms with Gasteiger partial charge >= 0.3 is 0 Å². The molecule has 1 aliphatic rings. The van der Waals surface area contributed by atoms with Crippen LogP contribution < -0.4 is 0 Å². The first kappa shape index (κ1) is 32.4. The van der Waals surface area contributed by atoms with E-state index >= 15 is 0 Å². The van der Waals surface area contributed by atoms with Crippen molar-refractivity contribution in [3.8, 4) is 11.3 Å². The van der Waals surface area contributed by atoms with E-state index in [-0.39, 0.29) is 0 Å². The molecule has 0 saturated carbocycles. The lowest BCUT2D eigenvalue weighted by Gasteiger charge is -2.17. The van der Waals surface area contributed by atoms with Gasteiger partial charge in [-0.2, -0.15) is 0 Å². The second-order valence-corrected chi connectivity index (χ2v) is 16.0. The van der Waals surface area contributed by atoms with Crippen molar-refractivity contribution in [2.75, 3.05) is 0 Å². The van der Waals surface area contributed by atoms with Crippen molar-refractivity contribution in [2.45, 2.75) is 62.3 Å². The fourth-order valence-corrected chi connectivity index (χ4v) is 9.25. The summed E-state index contributed by atoms with van der Waals surface area (Å²) in [5, 5.41) is 0. The Morgan fingerprint density at radius 1 is 0.548 bits per heavy atom. The molecule has 0 unspecified atom stereocenters. The Labute approximate surface area is 304 Å². The molecule has 3 aromatic carbocycles. The molecule has 0 saturated heterocycles. The van der Waals surface area contributed by atoms with Gasteiger partial charge in [0.25, 0.3) is 0 Å². The molecule has 4 aromatic rings. The molecular formula is C36H34I4N2. The summed E-state index contributed by atoms with van der Waals surface area (Å²) >= 11 is 10.1. The normalized spacial score (nSPS) is 14.6. The highest BCUT2D eigenvalue weighted by Crippen LogP contribution is 2.47. The van der Waals surface area contributed by atoms with Crippen LogP contribution in [0.1, 0.15) is 66.9 Å². The number of hydrogen-bond acceptors (Lipinski definition) is 1. The van der Waals surface area contributed by atoms with Gasteiger partial charge in [-0.25, -0.2) is 4.99 Å². The highest BCUT2D eigenvalue weighted by molar-refractivity contribution is 14.1. The predicted octanol–water partition coefficient (Wildman–Crippen LogP) is 12.0. The van der Waals surface area contributed by atoms with Crippen molar-refractivity contribution in [3.63, 3.8) is 0 Å². The summed E-state index contributed by atoms with van der Waals surface area (Å²) in [7, 11) is 0. The van der Waals surface area contributed by atoms with Gasteiger partial charge in [-0.15, -0.1) is 0 Å². The van der Waals surface area contributed by atoms with E-state index in [1.165, 1.54) is 92.3 Å². The van der Waals surface area contributed by atoms with Crippen LogP contribution in [0.25, 0.3) is 16.8 Å². The number of hydrogen-bond donors (Lipinski definition) is 1. The van der Waals surface area contributed by atoms with Crippen LogP contribution in [0.3, 0.4) is 0 Å². The Morgan fingerprint density at radius 2 is 0.976 bits per heavy atom. The van der Waals surface area contributed by atoms with Gasteiger partial charge in [0.1, 0.15) is 0 Å². The van der Waals surface area contributed by atoms with E-state index in [4.69, 9.17) is 4.99 Å². The van der Waals surface area contributed by atoms with Gasteiger partial charge in [0.05, 0.1) is 37.1 Å². The van der Waals surface area contributed by atoms with Crippen molar-refractivity contribution < 1.29 is 0 Å². The number of aliphatic imine (C=N–C) groups is 1. The number of nitrogens with zero attached hydrogens (tertiary/aromatic N) is 1. The highest BCUT2D eigenvalue weighted by Gasteiger charge is 2.31. The van der Waals surface area contributed by atoms with Crippen molar-refractivity contribution >= 4 is 102 Å². The maximum atomic E-state index is 5.51. The van der Waals surface area contributed by atoms with Gasteiger partial charge in [-0.3, -0.25) is 0 Å². The molecule has 1 aromatic heterocycles. The molecule has 42 heavy (non-hydrogen) atoms. The molecule has 216 valence electrons. The van der Waals surface area contributed by atoms with E-state index in [9.17, 15) is 0 Å². The van der Waals surface area contributed by atoms with Crippen LogP contribution in [-0.2, 0) is 0 Å². The lowest BCUT2D eigenvalue weighted by molar-refractivity contribution is 1.23. The number of nitrogens with one attached hydrogen (secondary N) is 1. The molecule has 2 heterocycles. The number of aromatic amines is 1. The van der Waals surface area contributed by atoms with Crippen LogP contribution in [0.4, 0.5) is 0 Å². The van der Waals surface area contributed by atoms with E-state index in [1.807, 2.05) is 0 Å². The van der Waals surface area contributed by atoms with Gasteiger partial charge in [0, 0.05) is 16.7 Å². The van der Waals surface area contributed by atoms with Crippen molar-refractivity contribution in [1.82, 2.24) is 4.98 Å². The van der Waals surface area contributed by atoms with Crippen LogP contribution in [0.15, 0.2) is 54.2 Å². The number of aryl methyl sites for hydroxylation is 9. The Bertz CT molecular complexity index is 1830. The summed E-state index contributed by atoms with van der Waals surface area (Å²) in [6.07, 6.45) is 0. The third kappa shape index (κ3) is 5.75. The minimum Gasteiger partial charge on any atom is -0.353 e. The number of rotatable bonds is 4. The molecular weight excluding hydrogens is 968 g/mol. The number of allylic oxidation sites excluding steroid dienone is 2. The zero-order valence-corrected chi connectivity index (χ0v) is 34.1. The summed E-state index contributed by atoms with van der Waals surface area (Å²) in [6.45, 7) is 19.9. The van der Waals surface area contributed by atoms with Crippen LogP contribution in [0, 0.1) is 69.5 Å². The number of benzene rings is 3. The van der Waals surface area contributed by atoms with Crippen LogP contribution in [0.2, 0.25) is 0 Å². The maximum absolute atomic E-state index is 5.51. The predicted molar refractivity (Wildman–Crippen MR) is 215 cm³/mol. The summed E-state index contributed by atoms with van der Waals surface area (Å²) in [6, 6.07) is 13.7. The summed E-state index contributed by atoms with van der Waals surface area (Å²) in [4.78, 5) is 9.47. The zero-order valence-electron chi connectivity index (χ0n) is 25.4. The second-order valence-electron chi connectivity index (χ2n) is 11.6. The Hall–Kier alpha value is -0.990. The van der Waals surface area contributed by atoms with Gasteiger partial charge in [0.2, 0.25) is 0 Å². The summed E-state index contributed by atoms with van der Waals surface area (Å²) < 4.78 is 4.89. The second kappa shape index (κ2) is 12.4. The fourth-order valence-electron chi connectivity index (χ4n) is 6.61. The SMILES string of the molecule is Cc1cc(C)c(C2=N/C(=C(/c3[nH]c(-c4c(C)cc(C)cc4C)c(I)c3I)c3c(C)cc(C)cc3C)C(I)=C2I)c(C)c1. The van der Waals surface area contributed by atoms with Gasteiger partial charge in [-0.1, -0.05) is 53.1 Å². The molecule has 0 amide bonds. The number of halogens is 4. The zero-order chi connectivity index (χ0) is 30.8. The lowest BCUT2D eigenvalue weighted by atomic mass is 9.90. The standard InChI is InChI=1S/C36H34I4N2/c1-16-10-19(4)25(20(5)11-16)28(35-31(39)29(37)33(41-35)26-21(6)12-17(2)13-22(26)7)36-32(40)30(38)34(42-36)27-23(8)14-18(3)15-24(27)9/h10-15,41H,1-9H3/b36-28+. The lowest BCUT2D eigenvalue weighted by Crippen LogP contribution is -2.05. The van der Waals surface area contributed by atoms with Crippen LogP contribution in [0.5, 0.6) is 0 Å². The first-order chi connectivity index (χ1) is 19.7. The van der Waals surface area contributed by atoms with E-state index in [2.05, 4.69) is 194 Å². The molecule has 0 fully saturated rings. The average Bonchev–Trinajstić information content (AvgIpc) is 3.31. The largest absolute Gasteiger partial charge is 0.353 e. The maximum Gasteiger partial charge on any atom is 0.0882 e.